The first-order chi connectivity index (χ1) is 9.55. The first-order valence-corrected chi connectivity index (χ1v) is 8.33. The van der Waals surface area contributed by atoms with Crippen LogP contribution in [0.4, 0.5) is 4.39 Å². The summed E-state index contributed by atoms with van der Waals surface area (Å²) in [6.07, 6.45) is 4.51. The second-order valence-electron chi connectivity index (χ2n) is 4.94. The average molecular weight is 338 g/mol. The number of nitrogens with one attached hydrogen (secondary N) is 1. The van der Waals surface area contributed by atoms with Crippen LogP contribution in [0.5, 0.6) is 0 Å². The lowest BCUT2D eigenvalue weighted by molar-refractivity contribution is 0.262. The van der Waals surface area contributed by atoms with Gasteiger partial charge in [-0.05, 0) is 38.4 Å². The minimum Gasteiger partial charge on any atom is -0.317 e. The average Bonchev–Trinajstić information content (AvgIpc) is 2.45. The van der Waals surface area contributed by atoms with Crippen LogP contribution in [0.2, 0.25) is 0 Å². The predicted molar refractivity (Wildman–Crippen MR) is 81.5 cm³/mol. The molecule has 0 radical (unpaired) electrons. The highest BCUT2D eigenvalue weighted by Crippen LogP contribution is 2.22. The SMILES string of the molecule is CCCN(C1CCNCC1)S(=O)(=O)c1cncc(F)c1.Cl. The Kier molecular flexibility index (Phi) is 6.99. The molecule has 0 aromatic carbocycles. The molecule has 1 aromatic heterocycles. The van der Waals surface area contributed by atoms with Crippen LogP contribution in [0.15, 0.2) is 23.4 Å². The number of aromatic nitrogens is 1. The predicted octanol–water partition coefficient (Wildman–Crippen LogP) is 1.80. The van der Waals surface area contributed by atoms with Gasteiger partial charge in [0, 0.05) is 18.8 Å². The fourth-order valence-corrected chi connectivity index (χ4v) is 4.24. The lowest BCUT2D eigenvalue weighted by Crippen LogP contribution is -2.46. The van der Waals surface area contributed by atoms with E-state index in [1.165, 1.54) is 10.5 Å². The number of rotatable bonds is 5. The Hall–Kier alpha value is -0.760. The lowest BCUT2D eigenvalue weighted by atomic mass is 10.1. The number of sulfonamides is 1. The summed E-state index contributed by atoms with van der Waals surface area (Å²) in [4.78, 5) is 3.58. The van der Waals surface area contributed by atoms with E-state index in [0.717, 1.165) is 44.6 Å². The van der Waals surface area contributed by atoms with E-state index in [1.54, 1.807) is 0 Å². The van der Waals surface area contributed by atoms with Crippen molar-refractivity contribution >= 4 is 22.4 Å². The van der Waals surface area contributed by atoms with Crippen LogP contribution in [0.3, 0.4) is 0 Å². The molecule has 2 rings (SSSR count). The van der Waals surface area contributed by atoms with E-state index in [9.17, 15) is 12.8 Å². The normalized spacial score (nSPS) is 16.7. The minimum atomic E-state index is -3.68. The topological polar surface area (TPSA) is 62.3 Å². The largest absolute Gasteiger partial charge is 0.317 e. The highest BCUT2D eigenvalue weighted by molar-refractivity contribution is 7.89. The summed E-state index contributed by atoms with van der Waals surface area (Å²) < 4.78 is 40.1. The zero-order valence-electron chi connectivity index (χ0n) is 12.0. The number of halogens is 2. The third-order valence-electron chi connectivity index (χ3n) is 3.45. The van der Waals surface area contributed by atoms with E-state index in [2.05, 4.69) is 10.3 Å². The molecule has 2 heterocycles. The van der Waals surface area contributed by atoms with Crippen molar-refractivity contribution in [1.29, 1.82) is 0 Å². The van der Waals surface area contributed by atoms with Gasteiger partial charge in [-0.25, -0.2) is 12.8 Å². The van der Waals surface area contributed by atoms with Gasteiger partial charge in [0.15, 0.2) is 0 Å². The summed E-state index contributed by atoms with van der Waals surface area (Å²) in [6, 6.07) is 1.01. The van der Waals surface area contributed by atoms with E-state index in [1.807, 2.05) is 6.92 Å². The number of pyridine rings is 1. The minimum absolute atomic E-state index is 0. The van der Waals surface area contributed by atoms with Crippen LogP contribution in [-0.4, -0.2) is 43.4 Å². The zero-order valence-corrected chi connectivity index (χ0v) is 13.6. The van der Waals surface area contributed by atoms with Gasteiger partial charge in [-0.2, -0.15) is 4.31 Å². The van der Waals surface area contributed by atoms with Crippen molar-refractivity contribution in [2.45, 2.75) is 37.1 Å². The van der Waals surface area contributed by atoms with Gasteiger partial charge in [0.25, 0.3) is 0 Å². The molecule has 1 aliphatic rings. The maximum Gasteiger partial charge on any atom is 0.244 e. The van der Waals surface area contributed by atoms with Gasteiger partial charge >= 0.3 is 0 Å². The van der Waals surface area contributed by atoms with Crippen molar-refractivity contribution in [3.8, 4) is 0 Å². The molecule has 0 unspecified atom stereocenters. The van der Waals surface area contributed by atoms with Crippen LogP contribution < -0.4 is 5.32 Å². The fourth-order valence-electron chi connectivity index (χ4n) is 2.48. The highest BCUT2D eigenvalue weighted by Gasteiger charge is 2.32. The molecule has 0 saturated carbocycles. The Morgan fingerprint density at radius 3 is 2.62 bits per heavy atom. The molecule has 1 aliphatic heterocycles. The Morgan fingerprint density at radius 1 is 1.38 bits per heavy atom. The van der Waals surface area contributed by atoms with E-state index in [0.29, 0.717) is 6.54 Å². The van der Waals surface area contributed by atoms with Crippen LogP contribution in [0.25, 0.3) is 0 Å². The van der Waals surface area contributed by atoms with Crippen molar-refractivity contribution in [3.63, 3.8) is 0 Å². The highest BCUT2D eigenvalue weighted by atomic mass is 35.5. The van der Waals surface area contributed by atoms with Gasteiger partial charge in [-0.3, -0.25) is 4.98 Å². The summed E-state index contributed by atoms with van der Waals surface area (Å²) >= 11 is 0. The van der Waals surface area contributed by atoms with Gasteiger partial charge in [-0.15, -0.1) is 12.4 Å². The molecule has 1 aromatic rings. The molecular weight excluding hydrogens is 317 g/mol. The second kappa shape index (κ2) is 8.03. The summed E-state index contributed by atoms with van der Waals surface area (Å²) in [6.45, 7) is 4.00. The van der Waals surface area contributed by atoms with Gasteiger partial charge in [-0.1, -0.05) is 6.92 Å². The molecule has 1 N–H and O–H groups in total. The summed E-state index contributed by atoms with van der Waals surface area (Å²) in [5, 5.41) is 3.22. The molecule has 0 amide bonds. The van der Waals surface area contributed by atoms with Gasteiger partial charge in [0.2, 0.25) is 10.0 Å². The summed E-state index contributed by atoms with van der Waals surface area (Å²) in [5.74, 6) is -0.632. The quantitative estimate of drug-likeness (QED) is 0.890. The third-order valence-corrected chi connectivity index (χ3v) is 5.36. The van der Waals surface area contributed by atoms with E-state index >= 15 is 0 Å². The summed E-state index contributed by atoms with van der Waals surface area (Å²) in [5.41, 5.74) is 0. The Morgan fingerprint density at radius 2 is 2.05 bits per heavy atom. The number of hydrogen-bond donors (Lipinski definition) is 1. The Bertz CT molecular complexity index is 550. The second-order valence-corrected chi connectivity index (χ2v) is 6.83. The molecule has 21 heavy (non-hydrogen) atoms. The van der Waals surface area contributed by atoms with E-state index in [-0.39, 0.29) is 23.3 Å². The molecule has 1 saturated heterocycles. The first-order valence-electron chi connectivity index (χ1n) is 6.89. The maximum atomic E-state index is 13.2. The molecule has 1 fully saturated rings. The standard InChI is InChI=1S/C13H20FN3O2S.ClH/c1-2-7-17(12-3-5-15-6-4-12)20(18,19)13-8-11(14)9-16-10-13;/h8-10,12,15H,2-7H2,1H3;1H. The van der Waals surface area contributed by atoms with Crippen LogP contribution in [-0.2, 0) is 10.0 Å². The van der Waals surface area contributed by atoms with E-state index < -0.39 is 15.8 Å². The number of piperidine rings is 1. The third kappa shape index (κ3) is 4.35. The van der Waals surface area contributed by atoms with Crippen LogP contribution >= 0.6 is 12.4 Å². The van der Waals surface area contributed by atoms with Gasteiger partial charge in [0.1, 0.15) is 10.7 Å². The molecule has 0 atom stereocenters. The van der Waals surface area contributed by atoms with Gasteiger partial charge < -0.3 is 5.32 Å². The number of hydrogen-bond acceptors (Lipinski definition) is 4. The number of nitrogens with zero attached hydrogens (tertiary/aromatic N) is 2. The zero-order chi connectivity index (χ0) is 14.6. The fraction of sp³-hybridized carbons (Fsp3) is 0.615. The van der Waals surface area contributed by atoms with Gasteiger partial charge in [0.05, 0.1) is 6.20 Å². The Balaban J connectivity index is 0.00000220. The monoisotopic (exact) mass is 337 g/mol. The molecular formula is C13H21ClFN3O2S. The van der Waals surface area contributed by atoms with Crippen molar-refractivity contribution in [3.05, 3.63) is 24.3 Å². The molecule has 0 aliphatic carbocycles. The molecule has 8 heteroatoms. The van der Waals surface area contributed by atoms with Crippen molar-refractivity contribution in [2.75, 3.05) is 19.6 Å². The summed E-state index contributed by atoms with van der Waals surface area (Å²) in [7, 11) is -3.68. The Labute approximate surface area is 131 Å². The lowest BCUT2D eigenvalue weighted by Gasteiger charge is -2.33. The van der Waals surface area contributed by atoms with Crippen molar-refractivity contribution in [1.82, 2.24) is 14.6 Å². The van der Waals surface area contributed by atoms with Crippen molar-refractivity contribution in [2.24, 2.45) is 0 Å². The molecule has 0 bridgehead atoms. The molecule has 120 valence electrons. The maximum absolute atomic E-state index is 13.2. The van der Waals surface area contributed by atoms with Crippen molar-refractivity contribution < 1.29 is 12.8 Å². The van der Waals surface area contributed by atoms with Crippen LogP contribution in [0.1, 0.15) is 26.2 Å². The molecule has 0 spiro atoms. The van der Waals surface area contributed by atoms with Crippen LogP contribution in [0, 0.1) is 5.82 Å². The van der Waals surface area contributed by atoms with E-state index in [4.69, 9.17) is 0 Å². The first kappa shape index (κ1) is 18.3. The smallest absolute Gasteiger partial charge is 0.244 e. The molecule has 5 nitrogen and oxygen atoms in total.